The van der Waals surface area contributed by atoms with Crippen molar-refractivity contribution in [2.45, 2.75) is 57.9 Å². The number of anilines is 2. The third-order valence-electron chi connectivity index (χ3n) is 10.2. The highest BCUT2D eigenvalue weighted by Gasteiger charge is 2.41. The van der Waals surface area contributed by atoms with Crippen molar-refractivity contribution in [3.8, 4) is 0 Å². The van der Waals surface area contributed by atoms with Crippen LogP contribution in [0.5, 0.6) is 0 Å². The first-order valence-electron chi connectivity index (χ1n) is 16.0. The standard InChI is InChI=1S/C35H46N4O4/c1-3-4-32(25-42)36(2)34(43)33-21-31(10-7-29(33)24-41)38-16-11-27(12-17-38)22-37-18-13-35(26-37)14-19-39(20-15-35)30-8-5-28(23-40)6-9-30/h5-10,21,23-25,27,32H,3-4,11-20,22,26H2,1-2H3. The molecule has 1 spiro atoms. The van der Waals surface area contributed by atoms with Gasteiger partial charge in [0.05, 0.1) is 11.6 Å². The molecule has 2 aromatic carbocycles. The molecule has 8 nitrogen and oxygen atoms in total. The monoisotopic (exact) mass is 586 g/mol. The number of carbonyl (C=O) groups excluding carboxylic acids is 4. The molecule has 3 fully saturated rings. The van der Waals surface area contributed by atoms with Crippen LogP contribution in [-0.2, 0) is 4.79 Å². The van der Waals surface area contributed by atoms with Gasteiger partial charge in [0.1, 0.15) is 12.6 Å². The van der Waals surface area contributed by atoms with Crippen LogP contribution in [-0.4, -0.2) is 93.5 Å². The van der Waals surface area contributed by atoms with Crippen molar-refractivity contribution in [1.82, 2.24) is 9.80 Å². The molecule has 1 amide bonds. The molecule has 0 saturated carbocycles. The van der Waals surface area contributed by atoms with Gasteiger partial charge in [-0.15, -0.1) is 0 Å². The zero-order chi connectivity index (χ0) is 30.4. The molecule has 1 atom stereocenters. The second kappa shape index (κ2) is 13.8. The van der Waals surface area contributed by atoms with E-state index in [2.05, 4.69) is 26.8 Å². The SMILES string of the molecule is CCCC(C=O)N(C)C(=O)c1cc(N2CCC(CN3CCC4(CCN(c5ccc(C=O)cc5)CC4)C3)CC2)ccc1C=O. The minimum Gasteiger partial charge on any atom is -0.371 e. The smallest absolute Gasteiger partial charge is 0.255 e. The Morgan fingerprint density at radius 2 is 1.56 bits per heavy atom. The van der Waals surface area contributed by atoms with Gasteiger partial charge in [-0.05, 0) is 98.9 Å². The van der Waals surface area contributed by atoms with E-state index in [1.807, 2.05) is 31.2 Å². The Kier molecular flexibility index (Phi) is 9.96. The van der Waals surface area contributed by atoms with Gasteiger partial charge in [-0.3, -0.25) is 14.4 Å². The molecule has 5 rings (SSSR count). The molecule has 0 bridgehead atoms. The van der Waals surface area contributed by atoms with E-state index in [-0.39, 0.29) is 5.91 Å². The van der Waals surface area contributed by atoms with E-state index in [0.29, 0.717) is 28.9 Å². The average Bonchev–Trinajstić information content (AvgIpc) is 3.44. The van der Waals surface area contributed by atoms with Gasteiger partial charge in [0.25, 0.3) is 5.91 Å². The van der Waals surface area contributed by atoms with E-state index in [1.54, 1.807) is 13.1 Å². The van der Waals surface area contributed by atoms with Crippen LogP contribution >= 0.6 is 0 Å². The van der Waals surface area contributed by atoms with Gasteiger partial charge in [-0.25, -0.2) is 0 Å². The maximum Gasteiger partial charge on any atom is 0.255 e. The van der Waals surface area contributed by atoms with E-state index < -0.39 is 6.04 Å². The molecule has 3 aliphatic rings. The molecule has 0 N–H and O–H groups in total. The fourth-order valence-corrected chi connectivity index (χ4v) is 7.35. The molecule has 0 radical (unpaired) electrons. The van der Waals surface area contributed by atoms with Crippen LogP contribution < -0.4 is 9.80 Å². The number of likely N-dealkylation sites (N-methyl/N-ethyl adjacent to an activating group) is 1. The maximum absolute atomic E-state index is 13.3. The van der Waals surface area contributed by atoms with Crippen molar-refractivity contribution in [3.05, 3.63) is 59.2 Å². The van der Waals surface area contributed by atoms with Crippen molar-refractivity contribution in [1.29, 1.82) is 0 Å². The summed E-state index contributed by atoms with van der Waals surface area (Å²) in [5.41, 5.74) is 4.06. The lowest BCUT2D eigenvalue weighted by molar-refractivity contribution is -0.111. The Morgan fingerprint density at radius 1 is 0.907 bits per heavy atom. The van der Waals surface area contributed by atoms with Gasteiger partial charge >= 0.3 is 0 Å². The van der Waals surface area contributed by atoms with Gasteiger partial charge in [0, 0.05) is 68.8 Å². The van der Waals surface area contributed by atoms with Crippen molar-refractivity contribution >= 4 is 36.1 Å². The van der Waals surface area contributed by atoms with Gasteiger partial charge in [-0.2, -0.15) is 0 Å². The Labute approximate surface area is 256 Å². The van der Waals surface area contributed by atoms with Crippen LogP contribution in [0.3, 0.4) is 0 Å². The Balaban J connectivity index is 1.12. The highest BCUT2D eigenvalue weighted by Crippen LogP contribution is 2.42. The second-order valence-electron chi connectivity index (χ2n) is 12.9. The number of benzene rings is 2. The van der Waals surface area contributed by atoms with Crippen LogP contribution in [0.4, 0.5) is 11.4 Å². The molecule has 3 heterocycles. The molecule has 1 unspecified atom stereocenters. The summed E-state index contributed by atoms with van der Waals surface area (Å²) in [6.07, 6.45) is 9.78. The van der Waals surface area contributed by atoms with Crippen LogP contribution in [0, 0.1) is 11.3 Å². The fraction of sp³-hybridized carbons (Fsp3) is 0.543. The highest BCUT2D eigenvalue weighted by atomic mass is 16.2. The molecule has 0 aromatic heterocycles. The summed E-state index contributed by atoms with van der Waals surface area (Å²) < 4.78 is 0. The lowest BCUT2D eigenvalue weighted by atomic mass is 9.77. The van der Waals surface area contributed by atoms with E-state index in [9.17, 15) is 19.2 Å². The summed E-state index contributed by atoms with van der Waals surface area (Å²) in [6, 6.07) is 13.0. The number of nitrogens with zero attached hydrogens (tertiary/aromatic N) is 4. The van der Waals surface area contributed by atoms with E-state index in [4.69, 9.17) is 0 Å². The maximum atomic E-state index is 13.3. The predicted octanol–water partition coefficient (Wildman–Crippen LogP) is 4.96. The second-order valence-corrected chi connectivity index (χ2v) is 12.9. The average molecular weight is 587 g/mol. The van der Waals surface area contributed by atoms with Crippen LogP contribution in [0.15, 0.2) is 42.5 Å². The molecule has 230 valence electrons. The molecular weight excluding hydrogens is 540 g/mol. The lowest BCUT2D eigenvalue weighted by Crippen LogP contribution is -2.43. The summed E-state index contributed by atoms with van der Waals surface area (Å²) in [6.45, 7) is 9.51. The van der Waals surface area contributed by atoms with Crippen molar-refractivity contribution < 1.29 is 19.2 Å². The predicted molar refractivity (Wildman–Crippen MR) is 170 cm³/mol. The molecule has 0 aliphatic carbocycles. The van der Waals surface area contributed by atoms with Crippen LogP contribution in [0.1, 0.15) is 82.9 Å². The number of carbonyl (C=O) groups is 4. The minimum absolute atomic E-state index is 0.283. The topological polar surface area (TPSA) is 81.2 Å². The Hall–Kier alpha value is -3.52. The highest BCUT2D eigenvalue weighted by molar-refractivity contribution is 6.03. The third-order valence-corrected chi connectivity index (χ3v) is 10.2. The number of hydrogen-bond acceptors (Lipinski definition) is 7. The number of amides is 1. The van der Waals surface area contributed by atoms with Crippen LogP contribution in [0.2, 0.25) is 0 Å². The molecule has 8 heteroatoms. The number of hydrogen-bond donors (Lipinski definition) is 0. The van der Waals surface area contributed by atoms with Gasteiger partial charge in [0.2, 0.25) is 0 Å². The summed E-state index contributed by atoms with van der Waals surface area (Å²) in [4.78, 5) is 56.6. The molecule has 3 saturated heterocycles. The zero-order valence-electron chi connectivity index (χ0n) is 25.7. The number of piperidine rings is 2. The van der Waals surface area contributed by atoms with E-state index >= 15 is 0 Å². The van der Waals surface area contributed by atoms with Crippen molar-refractivity contribution in [2.24, 2.45) is 11.3 Å². The van der Waals surface area contributed by atoms with Gasteiger partial charge < -0.3 is 24.4 Å². The number of rotatable bonds is 11. The largest absolute Gasteiger partial charge is 0.371 e. The van der Waals surface area contributed by atoms with Crippen molar-refractivity contribution in [3.63, 3.8) is 0 Å². The summed E-state index contributed by atoms with van der Waals surface area (Å²) >= 11 is 0. The summed E-state index contributed by atoms with van der Waals surface area (Å²) in [7, 11) is 1.64. The molecule has 43 heavy (non-hydrogen) atoms. The number of likely N-dealkylation sites (tertiary alicyclic amines) is 1. The Bertz CT molecular complexity index is 1280. The van der Waals surface area contributed by atoms with Gasteiger partial charge in [-0.1, -0.05) is 13.3 Å². The Morgan fingerprint density at radius 3 is 2.19 bits per heavy atom. The zero-order valence-corrected chi connectivity index (χ0v) is 25.7. The van der Waals surface area contributed by atoms with Crippen LogP contribution in [0.25, 0.3) is 0 Å². The van der Waals surface area contributed by atoms with Gasteiger partial charge in [0.15, 0.2) is 6.29 Å². The minimum atomic E-state index is -0.490. The first kappa shape index (κ1) is 30.9. The molecule has 2 aromatic rings. The lowest BCUT2D eigenvalue weighted by Gasteiger charge is -2.41. The summed E-state index contributed by atoms with van der Waals surface area (Å²) in [5, 5.41) is 0. The number of aldehydes is 3. The fourth-order valence-electron chi connectivity index (χ4n) is 7.35. The first-order chi connectivity index (χ1) is 20.9. The normalized spacial score (nSPS) is 19.8. The molecule has 3 aliphatic heterocycles. The van der Waals surface area contributed by atoms with Crippen molar-refractivity contribution in [2.75, 3.05) is 62.7 Å². The quantitative estimate of drug-likeness (QED) is 0.344. The van der Waals surface area contributed by atoms with E-state index in [0.717, 1.165) is 82.1 Å². The summed E-state index contributed by atoms with van der Waals surface area (Å²) in [5.74, 6) is 0.376. The third kappa shape index (κ3) is 7.01. The first-order valence-corrected chi connectivity index (χ1v) is 16.0. The van der Waals surface area contributed by atoms with E-state index in [1.165, 1.54) is 42.9 Å². The molecular formula is C35H46N4O4.